The second-order valence-electron chi connectivity index (χ2n) is 3.08. The Morgan fingerprint density at radius 1 is 1.46 bits per heavy atom. The van der Waals surface area contributed by atoms with Gasteiger partial charge in [0.25, 0.3) is 0 Å². The predicted octanol–water partition coefficient (Wildman–Crippen LogP) is 2.50. The van der Waals surface area contributed by atoms with Crippen molar-refractivity contribution in [2.45, 2.75) is 6.42 Å². The lowest BCUT2D eigenvalue weighted by molar-refractivity contribution is 0.180. The summed E-state index contributed by atoms with van der Waals surface area (Å²) in [6.07, 6.45) is 5.32. The van der Waals surface area contributed by atoms with Gasteiger partial charge in [0.1, 0.15) is 0 Å². The Labute approximate surface area is 87.7 Å². The Morgan fingerprint density at radius 2 is 2.23 bits per heavy atom. The molecule has 1 aliphatic carbocycles. The third kappa shape index (κ3) is 2.93. The van der Waals surface area contributed by atoms with Gasteiger partial charge in [-0.05, 0) is 12.0 Å². The second kappa shape index (κ2) is 5.58. The molecule has 1 rings (SSSR count). The number of hydrogen-bond donors (Lipinski definition) is 0. The van der Waals surface area contributed by atoms with Crippen LogP contribution in [0.25, 0.3) is 0 Å². The summed E-state index contributed by atoms with van der Waals surface area (Å²) in [5.41, 5.74) is 1.31. The topological polar surface area (TPSA) is 18.5 Å². The highest BCUT2D eigenvalue weighted by Crippen LogP contribution is 2.29. The van der Waals surface area contributed by atoms with Crippen LogP contribution in [-0.4, -0.2) is 27.4 Å². The van der Waals surface area contributed by atoms with Gasteiger partial charge in [0.05, 0.1) is 13.2 Å². The van der Waals surface area contributed by atoms with Gasteiger partial charge in [0, 0.05) is 24.6 Å². The van der Waals surface area contributed by atoms with Crippen LogP contribution < -0.4 is 0 Å². The van der Waals surface area contributed by atoms with Crippen LogP contribution in [-0.2, 0) is 9.47 Å². The first kappa shape index (κ1) is 11.0. The zero-order valence-corrected chi connectivity index (χ0v) is 9.63. The lowest BCUT2D eigenvalue weighted by Crippen LogP contribution is -2.12. The van der Waals surface area contributed by atoms with Crippen LogP contribution in [0.2, 0.25) is 0 Å². The molecule has 0 radical (unpaired) electrons. The summed E-state index contributed by atoms with van der Waals surface area (Å²) < 4.78 is 11.5. The molecular weight excluding hydrogens is 232 g/mol. The highest BCUT2D eigenvalue weighted by atomic mass is 79.9. The molecule has 0 heterocycles. The van der Waals surface area contributed by atoms with Gasteiger partial charge < -0.3 is 9.47 Å². The quantitative estimate of drug-likeness (QED) is 0.710. The standard InChI is InChI=1S/C10H15BrO2/c1-12-6-8-4-3-5-9(7-13-2)10(8)11/h3-4,8H,5-7H2,1-2H3. The summed E-state index contributed by atoms with van der Waals surface area (Å²) >= 11 is 3.59. The summed E-state index contributed by atoms with van der Waals surface area (Å²) in [5, 5.41) is 0. The summed E-state index contributed by atoms with van der Waals surface area (Å²) in [4.78, 5) is 0. The molecular formula is C10H15BrO2. The van der Waals surface area contributed by atoms with E-state index in [0.29, 0.717) is 12.5 Å². The number of methoxy groups -OCH3 is 2. The van der Waals surface area contributed by atoms with Crippen LogP contribution in [0.1, 0.15) is 6.42 Å². The zero-order valence-electron chi connectivity index (χ0n) is 8.05. The molecule has 1 atom stereocenters. The fourth-order valence-electron chi connectivity index (χ4n) is 1.43. The van der Waals surface area contributed by atoms with E-state index in [1.54, 1.807) is 14.2 Å². The number of hydrogen-bond acceptors (Lipinski definition) is 2. The van der Waals surface area contributed by atoms with E-state index in [4.69, 9.17) is 9.47 Å². The molecule has 1 aliphatic rings. The molecule has 3 heteroatoms. The molecule has 0 saturated heterocycles. The number of halogens is 1. The van der Waals surface area contributed by atoms with Crippen LogP contribution in [0.3, 0.4) is 0 Å². The SMILES string of the molecule is COCC1=C(Br)C(COC)C=CC1. The van der Waals surface area contributed by atoms with Crippen molar-refractivity contribution >= 4 is 15.9 Å². The minimum atomic E-state index is 0.365. The molecule has 13 heavy (non-hydrogen) atoms. The minimum absolute atomic E-state index is 0.365. The third-order valence-electron chi connectivity index (χ3n) is 2.06. The van der Waals surface area contributed by atoms with Gasteiger partial charge >= 0.3 is 0 Å². The largest absolute Gasteiger partial charge is 0.384 e. The van der Waals surface area contributed by atoms with Crippen LogP contribution in [0.15, 0.2) is 22.2 Å². The first-order valence-electron chi connectivity index (χ1n) is 4.31. The van der Waals surface area contributed by atoms with Crippen LogP contribution in [0, 0.1) is 5.92 Å². The van der Waals surface area contributed by atoms with E-state index in [0.717, 1.165) is 13.0 Å². The molecule has 0 N–H and O–H groups in total. The lowest BCUT2D eigenvalue weighted by atomic mass is 9.98. The van der Waals surface area contributed by atoms with E-state index in [1.165, 1.54) is 10.1 Å². The number of allylic oxidation sites excluding steroid dienone is 1. The van der Waals surface area contributed by atoms with E-state index < -0.39 is 0 Å². The van der Waals surface area contributed by atoms with Crippen LogP contribution >= 0.6 is 15.9 Å². The maximum atomic E-state index is 5.12. The monoisotopic (exact) mass is 246 g/mol. The fraction of sp³-hybridized carbons (Fsp3) is 0.600. The molecule has 0 fully saturated rings. The van der Waals surface area contributed by atoms with Crippen molar-refractivity contribution in [1.29, 1.82) is 0 Å². The molecule has 0 aromatic carbocycles. The Kier molecular flexibility index (Phi) is 4.70. The third-order valence-corrected chi connectivity index (χ3v) is 3.21. The second-order valence-corrected chi connectivity index (χ2v) is 3.93. The van der Waals surface area contributed by atoms with Crippen molar-refractivity contribution in [2.24, 2.45) is 5.92 Å². The van der Waals surface area contributed by atoms with Crippen molar-refractivity contribution in [3.63, 3.8) is 0 Å². The van der Waals surface area contributed by atoms with Gasteiger partial charge in [-0.3, -0.25) is 0 Å². The molecule has 0 bridgehead atoms. The molecule has 74 valence electrons. The minimum Gasteiger partial charge on any atom is -0.384 e. The zero-order chi connectivity index (χ0) is 9.68. The maximum Gasteiger partial charge on any atom is 0.0686 e. The summed E-state index contributed by atoms with van der Waals surface area (Å²) in [5.74, 6) is 0.365. The Balaban J connectivity index is 2.65. The molecule has 0 aliphatic heterocycles. The predicted molar refractivity (Wildman–Crippen MR) is 57.0 cm³/mol. The molecule has 0 saturated carbocycles. The van der Waals surface area contributed by atoms with Crippen molar-refractivity contribution < 1.29 is 9.47 Å². The molecule has 0 aromatic heterocycles. The summed E-state index contributed by atoms with van der Waals surface area (Å²) in [6, 6.07) is 0. The van der Waals surface area contributed by atoms with E-state index in [2.05, 4.69) is 28.1 Å². The van der Waals surface area contributed by atoms with Gasteiger partial charge in [-0.1, -0.05) is 28.1 Å². The van der Waals surface area contributed by atoms with E-state index in [1.807, 2.05) is 0 Å². The number of rotatable bonds is 4. The first-order valence-corrected chi connectivity index (χ1v) is 5.10. The van der Waals surface area contributed by atoms with Crippen LogP contribution in [0.5, 0.6) is 0 Å². The van der Waals surface area contributed by atoms with Gasteiger partial charge in [0.15, 0.2) is 0 Å². The average Bonchev–Trinajstić information content (AvgIpc) is 2.13. The number of ether oxygens (including phenoxy) is 2. The van der Waals surface area contributed by atoms with E-state index in [9.17, 15) is 0 Å². The Morgan fingerprint density at radius 3 is 2.85 bits per heavy atom. The van der Waals surface area contributed by atoms with Crippen molar-refractivity contribution in [3.05, 3.63) is 22.2 Å². The van der Waals surface area contributed by atoms with Crippen LogP contribution in [0.4, 0.5) is 0 Å². The van der Waals surface area contributed by atoms with Gasteiger partial charge in [-0.2, -0.15) is 0 Å². The van der Waals surface area contributed by atoms with Crippen molar-refractivity contribution in [1.82, 2.24) is 0 Å². The van der Waals surface area contributed by atoms with E-state index in [-0.39, 0.29) is 0 Å². The highest BCUT2D eigenvalue weighted by molar-refractivity contribution is 9.11. The normalized spacial score (nSPS) is 22.5. The van der Waals surface area contributed by atoms with Crippen molar-refractivity contribution in [3.8, 4) is 0 Å². The molecule has 1 unspecified atom stereocenters. The smallest absolute Gasteiger partial charge is 0.0686 e. The maximum absolute atomic E-state index is 5.12. The molecule has 2 nitrogen and oxygen atoms in total. The lowest BCUT2D eigenvalue weighted by Gasteiger charge is -2.19. The van der Waals surface area contributed by atoms with E-state index >= 15 is 0 Å². The first-order chi connectivity index (χ1) is 6.29. The molecule has 0 aromatic rings. The summed E-state index contributed by atoms with van der Waals surface area (Å²) in [7, 11) is 3.44. The Bertz CT molecular complexity index is 221. The van der Waals surface area contributed by atoms with Crippen molar-refractivity contribution in [2.75, 3.05) is 27.4 Å². The van der Waals surface area contributed by atoms with Gasteiger partial charge in [-0.25, -0.2) is 0 Å². The highest BCUT2D eigenvalue weighted by Gasteiger charge is 2.16. The molecule has 0 amide bonds. The average molecular weight is 247 g/mol. The van der Waals surface area contributed by atoms with Gasteiger partial charge in [-0.15, -0.1) is 0 Å². The summed E-state index contributed by atoms with van der Waals surface area (Å²) in [6.45, 7) is 1.43. The fourth-order valence-corrected chi connectivity index (χ4v) is 1.99. The molecule has 0 spiro atoms. The Hall–Kier alpha value is -0.120. The van der Waals surface area contributed by atoms with Gasteiger partial charge in [0.2, 0.25) is 0 Å².